The Kier molecular flexibility index (Phi) is 4.05. The Labute approximate surface area is 88.2 Å². The lowest BCUT2D eigenvalue weighted by Crippen LogP contribution is -2.56. The first-order valence-electron chi connectivity index (χ1n) is 4.86. The molecule has 0 aliphatic carbocycles. The molecular weight excluding hydrogens is 200 g/mol. The minimum absolute atomic E-state index is 0.0670. The molecule has 1 fully saturated rings. The second kappa shape index (κ2) is 5.09. The first-order chi connectivity index (χ1) is 7.07. The molecule has 0 saturated carbocycles. The van der Waals surface area contributed by atoms with Crippen LogP contribution in [0, 0.1) is 0 Å². The van der Waals surface area contributed by atoms with E-state index in [-0.39, 0.29) is 18.6 Å². The molecule has 1 aliphatic rings. The van der Waals surface area contributed by atoms with Gasteiger partial charge < -0.3 is 20.1 Å². The average Bonchev–Trinajstić information content (AvgIpc) is 2.27. The molecule has 0 radical (unpaired) electrons. The molecule has 2 unspecified atom stereocenters. The maximum absolute atomic E-state index is 11.8. The number of carbonyl (C=O) groups is 2. The summed E-state index contributed by atoms with van der Waals surface area (Å²) >= 11 is 0. The van der Waals surface area contributed by atoms with Crippen LogP contribution in [0.3, 0.4) is 0 Å². The summed E-state index contributed by atoms with van der Waals surface area (Å²) in [6.45, 7) is 2.50. The molecule has 15 heavy (non-hydrogen) atoms. The van der Waals surface area contributed by atoms with Crippen LogP contribution in [0.1, 0.15) is 6.92 Å². The number of rotatable bonds is 3. The fraction of sp³-hybridized carbons (Fsp3) is 0.778. The van der Waals surface area contributed by atoms with Gasteiger partial charge in [-0.3, -0.25) is 4.79 Å². The van der Waals surface area contributed by atoms with E-state index in [1.54, 1.807) is 14.0 Å². The van der Waals surface area contributed by atoms with E-state index < -0.39 is 12.0 Å². The monoisotopic (exact) mass is 216 g/mol. The van der Waals surface area contributed by atoms with Gasteiger partial charge in [0, 0.05) is 6.54 Å². The predicted molar refractivity (Wildman–Crippen MR) is 52.5 cm³/mol. The van der Waals surface area contributed by atoms with Gasteiger partial charge >= 0.3 is 5.97 Å². The SMILES string of the molecule is CNC(C)C(=O)N1CCOCC1C(=O)O. The van der Waals surface area contributed by atoms with Gasteiger partial charge in [-0.05, 0) is 14.0 Å². The van der Waals surface area contributed by atoms with Crippen LogP contribution in [0.2, 0.25) is 0 Å². The predicted octanol–water partition coefficient (Wildman–Crippen LogP) is -1.09. The summed E-state index contributed by atoms with van der Waals surface area (Å²) < 4.78 is 5.04. The minimum Gasteiger partial charge on any atom is -0.480 e. The molecule has 1 amide bonds. The highest BCUT2D eigenvalue weighted by Crippen LogP contribution is 2.09. The smallest absolute Gasteiger partial charge is 0.328 e. The zero-order valence-corrected chi connectivity index (χ0v) is 8.90. The van der Waals surface area contributed by atoms with Crippen molar-refractivity contribution in [3.05, 3.63) is 0 Å². The van der Waals surface area contributed by atoms with Crippen molar-refractivity contribution in [1.29, 1.82) is 0 Å². The second-order valence-electron chi connectivity index (χ2n) is 3.47. The maximum atomic E-state index is 11.8. The molecule has 0 aromatic carbocycles. The molecule has 6 heteroatoms. The number of nitrogens with zero attached hydrogens (tertiary/aromatic N) is 1. The van der Waals surface area contributed by atoms with E-state index in [0.717, 1.165) is 0 Å². The van der Waals surface area contributed by atoms with Crippen molar-refractivity contribution in [2.75, 3.05) is 26.8 Å². The van der Waals surface area contributed by atoms with Gasteiger partial charge in [0.15, 0.2) is 6.04 Å². The molecule has 2 N–H and O–H groups in total. The van der Waals surface area contributed by atoms with Crippen molar-refractivity contribution >= 4 is 11.9 Å². The summed E-state index contributed by atoms with van der Waals surface area (Å²) in [4.78, 5) is 24.0. The average molecular weight is 216 g/mol. The van der Waals surface area contributed by atoms with Crippen LogP contribution >= 0.6 is 0 Å². The lowest BCUT2D eigenvalue weighted by Gasteiger charge is -2.34. The summed E-state index contributed by atoms with van der Waals surface area (Å²) in [6.07, 6.45) is 0. The number of carboxylic acid groups (broad SMARTS) is 1. The molecular formula is C9H16N2O4. The van der Waals surface area contributed by atoms with Crippen molar-refractivity contribution in [1.82, 2.24) is 10.2 Å². The molecule has 0 bridgehead atoms. The number of nitrogens with one attached hydrogen (secondary N) is 1. The summed E-state index contributed by atoms with van der Waals surface area (Å²) in [5, 5.41) is 11.7. The van der Waals surface area contributed by atoms with Crippen molar-refractivity contribution in [3.8, 4) is 0 Å². The van der Waals surface area contributed by atoms with Gasteiger partial charge in [0.1, 0.15) is 0 Å². The largest absolute Gasteiger partial charge is 0.480 e. The standard InChI is InChI=1S/C9H16N2O4/c1-6(10-2)8(12)11-3-4-15-5-7(11)9(13)14/h6-7,10H,3-5H2,1-2H3,(H,13,14). The van der Waals surface area contributed by atoms with Gasteiger partial charge in [-0.25, -0.2) is 4.79 Å². The molecule has 0 aromatic rings. The molecule has 1 aliphatic heterocycles. The number of likely N-dealkylation sites (N-methyl/N-ethyl adjacent to an activating group) is 1. The number of amides is 1. The highest BCUT2D eigenvalue weighted by Gasteiger charge is 2.34. The number of hydrogen-bond donors (Lipinski definition) is 2. The highest BCUT2D eigenvalue weighted by atomic mass is 16.5. The molecule has 1 rings (SSSR count). The molecule has 0 spiro atoms. The third-order valence-electron chi connectivity index (χ3n) is 2.50. The number of ether oxygens (including phenoxy) is 1. The number of carboxylic acids is 1. The van der Waals surface area contributed by atoms with E-state index >= 15 is 0 Å². The number of aliphatic carboxylic acids is 1. The summed E-state index contributed by atoms with van der Waals surface area (Å²) in [7, 11) is 1.67. The molecule has 0 aromatic heterocycles. The van der Waals surface area contributed by atoms with Crippen LogP contribution in [0.15, 0.2) is 0 Å². The van der Waals surface area contributed by atoms with Crippen molar-refractivity contribution < 1.29 is 19.4 Å². The Hall–Kier alpha value is -1.14. The van der Waals surface area contributed by atoms with E-state index in [9.17, 15) is 9.59 Å². The normalized spacial score (nSPS) is 23.6. The van der Waals surface area contributed by atoms with Gasteiger partial charge in [-0.15, -0.1) is 0 Å². The lowest BCUT2D eigenvalue weighted by atomic mass is 10.2. The van der Waals surface area contributed by atoms with Crippen LogP contribution in [-0.4, -0.2) is 60.8 Å². The zero-order chi connectivity index (χ0) is 11.4. The van der Waals surface area contributed by atoms with Crippen LogP contribution in [0.25, 0.3) is 0 Å². The molecule has 6 nitrogen and oxygen atoms in total. The second-order valence-corrected chi connectivity index (χ2v) is 3.47. The first kappa shape index (κ1) is 11.9. The number of hydrogen-bond acceptors (Lipinski definition) is 4. The van der Waals surface area contributed by atoms with Crippen LogP contribution in [0.4, 0.5) is 0 Å². The quantitative estimate of drug-likeness (QED) is 0.626. The van der Waals surface area contributed by atoms with Crippen LogP contribution in [-0.2, 0) is 14.3 Å². The molecule has 1 heterocycles. The summed E-state index contributed by atoms with van der Waals surface area (Å²) in [5.41, 5.74) is 0. The van der Waals surface area contributed by atoms with Gasteiger partial charge in [0.2, 0.25) is 5.91 Å². The third kappa shape index (κ3) is 2.66. The topological polar surface area (TPSA) is 78.9 Å². The van der Waals surface area contributed by atoms with Crippen molar-refractivity contribution in [2.45, 2.75) is 19.0 Å². The van der Waals surface area contributed by atoms with E-state index in [2.05, 4.69) is 5.32 Å². The molecule has 86 valence electrons. The number of carbonyl (C=O) groups excluding carboxylic acids is 1. The third-order valence-corrected chi connectivity index (χ3v) is 2.50. The van der Waals surface area contributed by atoms with E-state index in [0.29, 0.717) is 13.2 Å². The first-order valence-corrected chi connectivity index (χ1v) is 4.86. The fourth-order valence-corrected chi connectivity index (χ4v) is 1.44. The van der Waals surface area contributed by atoms with Crippen LogP contribution in [0.5, 0.6) is 0 Å². The Morgan fingerprint density at radius 3 is 2.80 bits per heavy atom. The van der Waals surface area contributed by atoms with Gasteiger partial charge in [-0.1, -0.05) is 0 Å². The molecule has 2 atom stereocenters. The maximum Gasteiger partial charge on any atom is 0.328 e. The summed E-state index contributed by atoms with van der Waals surface area (Å²) in [5.74, 6) is -1.22. The van der Waals surface area contributed by atoms with E-state index in [1.165, 1.54) is 4.90 Å². The number of morpholine rings is 1. The zero-order valence-electron chi connectivity index (χ0n) is 8.90. The Bertz CT molecular complexity index is 256. The van der Waals surface area contributed by atoms with Crippen LogP contribution < -0.4 is 5.32 Å². The highest BCUT2D eigenvalue weighted by molar-refractivity contribution is 5.87. The van der Waals surface area contributed by atoms with E-state index in [4.69, 9.17) is 9.84 Å². The van der Waals surface area contributed by atoms with Crippen molar-refractivity contribution in [3.63, 3.8) is 0 Å². The summed E-state index contributed by atoms with van der Waals surface area (Å²) in [6, 6.07) is -1.23. The fourth-order valence-electron chi connectivity index (χ4n) is 1.44. The molecule has 1 saturated heterocycles. The Balaban J connectivity index is 2.71. The van der Waals surface area contributed by atoms with Crippen molar-refractivity contribution in [2.24, 2.45) is 0 Å². The Morgan fingerprint density at radius 2 is 2.27 bits per heavy atom. The minimum atomic E-state index is -1.02. The Morgan fingerprint density at radius 1 is 1.60 bits per heavy atom. The van der Waals surface area contributed by atoms with Gasteiger partial charge in [0.25, 0.3) is 0 Å². The van der Waals surface area contributed by atoms with E-state index in [1.807, 2.05) is 0 Å². The van der Waals surface area contributed by atoms with Gasteiger partial charge in [0.05, 0.1) is 19.3 Å². The lowest BCUT2D eigenvalue weighted by molar-refractivity contribution is -0.159. The van der Waals surface area contributed by atoms with Gasteiger partial charge in [-0.2, -0.15) is 0 Å².